The summed E-state index contributed by atoms with van der Waals surface area (Å²) in [6.45, 7) is 1.96. The maximum Gasteiger partial charge on any atom is 0.291 e. The molecule has 0 spiro atoms. The highest BCUT2D eigenvalue weighted by Gasteiger charge is 2.17. The summed E-state index contributed by atoms with van der Waals surface area (Å²) in [5.41, 5.74) is 0.427. The first-order valence-electron chi connectivity index (χ1n) is 7.00. The molecule has 1 aromatic carbocycles. The van der Waals surface area contributed by atoms with Crippen molar-refractivity contribution in [2.45, 2.75) is 17.9 Å². The van der Waals surface area contributed by atoms with Gasteiger partial charge < -0.3 is 14.5 Å². The number of halogens is 1. The van der Waals surface area contributed by atoms with Crippen LogP contribution in [0, 0.1) is 0 Å². The molecule has 1 heterocycles. The van der Waals surface area contributed by atoms with Crippen LogP contribution in [0.2, 0.25) is 5.22 Å². The lowest BCUT2D eigenvalue weighted by Crippen LogP contribution is -2.35. The minimum absolute atomic E-state index is 0.0618. The molecule has 1 unspecified atom stereocenters. The van der Waals surface area contributed by atoms with Gasteiger partial charge in [0.1, 0.15) is 0 Å². The zero-order chi connectivity index (χ0) is 17.7. The Morgan fingerprint density at radius 2 is 1.92 bits per heavy atom. The number of methoxy groups -OCH3 is 1. The van der Waals surface area contributed by atoms with E-state index in [9.17, 15) is 13.2 Å². The Hall–Kier alpha value is -1.87. The van der Waals surface area contributed by atoms with Crippen LogP contribution in [-0.4, -0.2) is 34.1 Å². The molecule has 0 saturated heterocycles. The summed E-state index contributed by atoms with van der Waals surface area (Å²) in [5.74, 6) is -0.420. The van der Waals surface area contributed by atoms with Crippen molar-refractivity contribution < 1.29 is 22.4 Å². The van der Waals surface area contributed by atoms with Crippen molar-refractivity contribution in [3.63, 3.8) is 0 Å². The van der Waals surface area contributed by atoms with Gasteiger partial charge in [0.25, 0.3) is 5.91 Å². The maximum absolute atomic E-state index is 12.2. The Morgan fingerprint density at radius 3 is 2.46 bits per heavy atom. The number of hydrogen-bond acceptors (Lipinski definition) is 5. The Labute approximate surface area is 145 Å². The first-order valence-corrected chi connectivity index (χ1v) is 8.86. The number of rotatable bonds is 7. The van der Waals surface area contributed by atoms with Gasteiger partial charge in [0.15, 0.2) is 11.0 Å². The SMILES string of the molecule is COCC(C)NS(=O)(=O)c1ccc(NC(=O)c2ccc(Cl)o2)cc1. The molecular weight excluding hydrogens is 356 g/mol. The predicted molar refractivity (Wildman–Crippen MR) is 89.8 cm³/mol. The number of benzene rings is 1. The Morgan fingerprint density at radius 1 is 1.25 bits per heavy atom. The van der Waals surface area contributed by atoms with Crippen molar-refractivity contribution in [3.05, 3.63) is 47.4 Å². The van der Waals surface area contributed by atoms with Gasteiger partial charge >= 0.3 is 0 Å². The van der Waals surface area contributed by atoms with Crippen LogP contribution in [0.5, 0.6) is 0 Å². The molecule has 0 saturated carbocycles. The lowest BCUT2D eigenvalue weighted by atomic mass is 10.3. The van der Waals surface area contributed by atoms with E-state index in [-0.39, 0.29) is 28.5 Å². The monoisotopic (exact) mass is 372 g/mol. The minimum Gasteiger partial charge on any atom is -0.440 e. The van der Waals surface area contributed by atoms with E-state index in [1.165, 1.54) is 43.5 Å². The third kappa shape index (κ3) is 4.81. The van der Waals surface area contributed by atoms with E-state index in [0.29, 0.717) is 5.69 Å². The van der Waals surface area contributed by atoms with Gasteiger partial charge in [-0.3, -0.25) is 4.79 Å². The van der Waals surface area contributed by atoms with E-state index < -0.39 is 15.9 Å². The Kier molecular flexibility index (Phi) is 6.00. The number of carbonyl (C=O) groups excluding carboxylic acids is 1. The predicted octanol–water partition coefficient (Wildman–Crippen LogP) is 2.50. The molecule has 1 atom stereocenters. The van der Waals surface area contributed by atoms with E-state index in [1.54, 1.807) is 6.92 Å². The van der Waals surface area contributed by atoms with Gasteiger partial charge in [-0.15, -0.1) is 0 Å². The smallest absolute Gasteiger partial charge is 0.291 e. The molecule has 24 heavy (non-hydrogen) atoms. The summed E-state index contributed by atoms with van der Waals surface area (Å²) in [6, 6.07) is 8.30. The normalized spacial score (nSPS) is 12.8. The molecule has 0 fully saturated rings. The largest absolute Gasteiger partial charge is 0.440 e. The van der Waals surface area contributed by atoms with Crippen molar-refractivity contribution >= 4 is 33.2 Å². The molecule has 0 aliphatic rings. The van der Waals surface area contributed by atoms with Gasteiger partial charge in [-0.1, -0.05) is 0 Å². The van der Waals surface area contributed by atoms with E-state index in [1.807, 2.05) is 0 Å². The fourth-order valence-electron chi connectivity index (χ4n) is 1.96. The van der Waals surface area contributed by atoms with Crippen molar-refractivity contribution in [3.8, 4) is 0 Å². The average molecular weight is 373 g/mol. The van der Waals surface area contributed by atoms with Crippen LogP contribution in [-0.2, 0) is 14.8 Å². The molecule has 9 heteroatoms. The number of carbonyl (C=O) groups is 1. The maximum atomic E-state index is 12.2. The number of sulfonamides is 1. The first-order chi connectivity index (χ1) is 11.3. The van der Waals surface area contributed by atoms with Crippen molar-refractivity contribution in [2.24, 2.45) is 0 Å². The second-order valence-corrected chi connectivity index (χ2v) is 7.15. The van der Waals surface area contributed by atoms with Crippen molar-refractivity contribution in [2.75, 3.05) is 19.0 Å². The fourth-order valence-corrected chi connectivity index (χ4v) is 3.34. The topological polar surface area (TPSA) is 97.6 Å². The summed E-state index contributed by atoms with van der Waals surface area (Å²) < 4.78 is 36.8. The third-order valence-electron chi connectivity index (χ3n) is 2.99. The molecule has 1 aromatic heterocycles. The first kappa shape index (κ1) is 18.5. The lowest BCUT2D eigenvalue weighted by molar-refractivity contribution is 0.0997. The quantitative estimate of drug-likeness (QED) is 0.778. The number of nitrogens with one attached hydrogen (secondary N) is 2. The van der Waals surface area contributed by atoms with Gasteiger partial charge in [0, 0.05) is 18.8 Å². The van der Waals surface area contributed by atoms with E-state index in [2.05, 4.69) is 10.0 Å². The van der Waals surface area contributed by atoms with Crippen LogP contribution >= 0.6 is 11.6 Å². The summed E-state index contributed by atoms with van der Waals surface area (Å²) >= 11 is 5.61. The van der Waals surface area contributed by atoms with Gasteiger partial charge in [-0.25, -0.2) is 13.1 Å². The number of hydrogen-bond donors (Lipinski definition) is 2. The molecule has 2 N–H and O–H groups in total. The standard InChI is InChI=1S/C15H17ClN2O5S/c1-10(9-22-2)18-24(20,21)12-5-3-11(4-6-12)17-15(19)13-7-8-14(16)23-13/h3-8,10,18H,9H2,1-2H3,(H,17,19). The molecule has 0 bridgehead atoms. The van der Waals surface area contributed by atoms with Gasteiger partial charge in [-0.2, -0.15) is 0 Å². The van der Waals surface area contributed by atoms with Gasteiger partial charge in [0.2, 0.25) is 10.0 Å². The molecule has 0 radical (unpaired) electrons. The zero-order valence-corrected chi connectivity index (χ0v) is 14.6. The van der Waals surface area contributed by atoms with Gasteiger partial charge in [0.05, 0.1) is 11.5 Å². The highest BCUT2D eigenvalue weighted by atomic mass is 35.5. The molecule has 130 valence electrons. The summed E-state index contributed by atoms with van der Waals surface area (Å²) in [6.07, 6.45) is 0. The van der Waals surface area contributed by atoms with Crippen LogP contribution < -0.4 is 10.0 Å². The van der Waals surface area contributed by atoms with E-state index in [4.69, 9.17) is 20.8 Å². The highest BCUT2D eigenvalue weighted by Crippen LogP contribution is 2.17. The fraction of sp³-hybridized carbons (Fsp3) is 0.267. The molecular formula is C15H17ClN2O5S. The molecule has 2 rings (SSSR count). The minimum atomic E-state index is -3.65. The van der Waals surface area contributed by atoms with Crippen LogP contribution in [0.4, 0.5) is 5.69 Å². The lowest BCUT2D eigenvalue weighted by Gasteiger charge is -2.13. The van der Waals surface area contributed by atoms with Crippen molar-refractivity contribution in [1.29, 1.82) is 0 Å². The van der Waals surface area contributed by atoms with Gasteiger partial charge in [-0.05, 0) is 54.9 Å². The third-order valence-corrected chi connectivity index (χ3v) is 4.80. The molecule has 0 aliphatic carbocycles. The van der Waals surface area contributed by atoms with Crippen LogP contribution in [0.3, 0.4) is 0 Å². The average Bonchev–Trinajstić information content (AvgIpc) is 2.94. The van der Waals surface area contributed by atoms with Crippen LogP contribution in [0.1, 0.15) is 17.5 Å². The zero-order valence-electron chi connectivity index (χ0n) is 13.1. The number of ether oxygens (including phenoxy) is 1. The molecule has 2 aromatic rings. The molecule has 7 nitrogen and oxygen atoms in total. The van der Waals surface area contributed by atoms with Crippen LogP contribution in [0.25, 0.3) is 0 Å². The van der Waals surface area contributed by atoms with E-state index in [0.717, 1.165) is 0 Å². The van der Waals surface area contributed by atoms with E-state index >= 15 is 0 Å². The van der Waals surface area contributed by atoms with Crippen molar-refractivity contribution in [1.82, 2.24) is 4.72 Å². The Balaban J connectivity index is 2.06. The Bertz CT molecular complexity index is 802. The highest BCUT2D eigenvalue weighted by molar-refractivity contribution is 7.89. The molecule has 1 amide bonds. The second kappa shape index (κ2) is 7.80. The number of anilines is 1. The summed E-state index contributed by atoms with van der Waals surface area (Å²) in [4.78, 5) is 12.0. The molecule has 0 aliphatic heterocycles. The number of furan rings is 1. The second-order valence-electron chi connectivity index (χ2n) is 5.06. The van der Waals surface area contributed by atoms with Crippen LogP contribution in [0.15, 0.2) is 45.7 Å². The summed E-state index contributed by atoms with van der Waals surface area (Å²) in [7, 11) is -2.16. The number of amides is 1. The summed E-state index contributed by atoms with van der Waals surface area (Å²) in [5, 5.41) is 2.69.